The first-order valence-electron chi connectivity index (χ1n) is 8.53. The quantitative estimate of drug-likeness (QED) is 0.481. The van der Waals surface area contributed by atoms with E-state index in [-0.39, 0.29) is 12.2 Å². The number of esters is 1. The number of ether oxygens (including phenoxy) is 1. The molecule has 0 radical (unpaired) electrons. The van der Waals surface area contributed by atoms with Crippen molar-refractivity contribution in [3.63, 3.8) is 0 Å². The molecule has 0 fully saturated rings. The van der Waals surface area contributed by atoms with Crippen LogP contribution < -0.4 is 0 Å². The fraction of sp³-hybridized carbons (Fsp3) is 0.130. The number of Topliss-reactive ketones (excluding diaryl/α,β-unsaturated/α-hetero) is 1. The average Bonchev–Trinajstić information content (AvgIpc) is 2.68. The Kier molecular flexibility index (Phi) is 5.59. The Labute approximate surface area is 153 Å². The monoisotopic (exact) mass is 344 g/mol. The van der Waals surface area contributed by atoms with E-state index in [9.17, 15) is 9.59 Å². The molecule has 0 unspecified atom stereocenters. The van der Waals surface area contributed by atoms with Gasteiger partial charge in [-0.2, -0.15) is 0 Å². The van der Waals surface area contributed by atoms with E-state index in [4.69, 9.17) is 4.74 Å². The Morgan fingerprint density at radius 2 is 1.38 bits per heavy atom. The lowest BCUT2D eigenvalue weighted by atomic mass is 9.99. The number of hydrogen-bond acceptors (Lipinski definition) is 3. The van der Waals surface area contributed by atoms with E-state index in [0.717, 1.165) is 11.1 Å². The zero-order chi connectivity index (χ0) is 18.4. The Morgan fingerprint density at radius 1 is 0.808 bits per heavy atom. The maximum atomic E-state index is 13.0. The molecular formula is C23H20O3. The third-order valence-electron chi connectivity index (χ3n) is 4.12. The van der Waals surface area contributed by atoms with Crippen LogP contribution in [0.4, 0.5) is 0 Å². The average molecular weight is 344 g/mol. The van der Waals surface area contributed by atoms with E-state index >= 15 is 0 Å². The molecule has 3 rings (SSSR count). The summed E-state index contributed by atoms with van der Waals surface area (Å²) in [5, 5.41) is 0. The third-order valence-corrected chi connectivity index (χ3v) is 4.12. The lowest BCUT2D eigenvalue weighted by molar-refractivity contribution is -0.146. The molecule has 0 aliphatic carbocycles. The van der Waals surface area contributed by atoms with Gasteiger partial charge in [0, 0.05) is 11.1 Å². The molecular weight excluding hydrogens is 324 g/mol. The standard InChI is InChI=1S/C23H20O3/c1-17-12-14-19(15-13-17)22(25)23(20-10-6-3-7-11-20)26-21(24)16-18-8-4-2-5-9-18/h2-15,23H,16H2,1H3/t23-/m0/s1. The van der Waals surface area contributed by atoms with Gasteiger partial charge in [-0.1, -0.05) is 90.5 Å². The van der Waals surface area contributed by atoms with Gasteiger partial charge in [0.1, 0.15) is 0 Å². The van der Waals surface area contributed by atoms with Crippen molar-refractivity contribution in [2.75, 3.05) is 0 Å². The van der Waals surface area contributed by atoms with Crippen LogP contribution in [0.5, 0.6) is 0 Å². The molecule has 0 saturated heterocycles. The first-order valence-corrected chi connectivity index (χ1v) is 8.53. The van der Waals surface area contributed by atoms with Crippen molar-refractivity contribution in [3.05, 3.63) is 107 Å². The van der Waals surface area contributed by atoms with Crippen molar-refractivity contribution in [1.29, 1.82) is 0 Å². The van der Waals surface area contributed by atoms with Gasteiger partial charge in [0.2, 0.25) is 5.78 Å². The number of aryl methyl sites for hydroxylation is 1. The summed E-state index contributed by atoms with van der Waals surface area (Å²) in [5.41, 5.74) is 3.11. The minimum absolute atomic E-state index is 0.130. The van der Waals surface area contributed by atoms with E-state index in [2.05, 4.69) is 0 Å². The first-order chi connectivity index (χ1) is 12.6. The minimum Gasteiger partial charge on any atom is -0.449 e. The molecule has 0 amide bonds. The van der Waals surface area contributed by atoms with Crippen molar-refractivity contribution < 1.29 is 14.3 Å². The number of carbonyl (C=O) groups is 2. The summed E-state index contributed by atoms with van der Waals surface area (Å²) in [5.74, 6) is -0.650. The Hall–Kier alpha value is -3.20. The van der Waals surface area contributed by atoms with Gasteiger partial charge in [-0.25, -0.2) is 0 Å². The third kappa shape index (κ3) is 4.45. The van der Waals surface area contributed by atoms with E-state index in [1.807, 2.05) is 67.6 Å². The highest BCUT2D eigenvalue weighted by atomic mass is 16.5. The SMILES string of the molecule is Cc1ccc(C(=O)[C@@H](OC(=O)Cc2ccccc2)c2ccccc2)cc1. The van der Waals surface area contributed by atoms with E-state index in [1.165, 1.54) is 0 Å². The van der Waals surface area contributed by atoms with Gasteiger partial charge in [0.05, 0.1) is 6.42 Å². The summed E-state index contributed by atoms with van der Waals surface area (Å²) in [6.45, 7) is 1.96. The van der Waals surface area contributed by atoms with Crippen LogP contribution in [0.25, 0.3) is 0 Å². The molecule has 3 aromatic rings. The normalized spacial score (nSPS) is 11.6. The Bertz CT molecular complexity index is 868. The van der Waals surface area contributed by atoms with E-state index in [1.54, 1.807) is 24.3 Å². The fourth-order valence-electron chi connectivity index (χ4n) is 2.71. The Morgan fingerprint density at radius 3 is 2.00 bits per heavy atom. The lowest BCUT2D eigenvalue weighted by Crippen LogP contribution is -2.21. The molecule has 26 heavy (non-hydrogen) atoms. The van der Waals surface area contributed by atoms with Crippen molar-refractivity contribution >= 4 is 11.8 Å². The van der Waals surface area contributed by atoms with Gasteiger partial charge in [0.15, 0.2) is 6.10 Å². The summed E-state index contributed by atoms with van der Waals surface area (Å²) >= 11 is 0. The summed E-state index contributed by atoms with van der Waals surface area (Å²) in [7, 11) is 0. The van der Waals surface area contributed by atoms with Crippen LogP contribution in [0.15, 0.2) is 84.9 Å². The molecule has 0 heterocycles. The fourth-order valence-corrected chi connectivity index (χ4v) is 2.71. The topological polar surface area (TPSA) is 43.4 Å². The molecule has 1 atom stereocenters. The molecule has 0 aliphatic rings. The van der Waals surface area contributed by atoms with Gasteiger partial charge in [0.25, 0.3) is 0 Å². The number of benzene rings is 3. The molecule has 0 aromatic heterocycles. The van der Waals surface area contributed by atoms with Gasteiger partial charge >= 0.3 is 5.97 Å². The molecule has 3 aromatic carbocycles. The van der Waals surface area contributed by atoms with Crippen LogP contribution in [0.2, 0.25) is 0 Å². The highest BCUT2D eigenvalue weighted by Crippen LogP contribution is 2.23. The van der Waals surface area contributed by atoms with Gasteiger partial charge in [-0.3, -0.25) is 9.59 Å². The summed E-state index contributed by atoms with van der Waals surface area (Å²) in [6, 6.07) is 25.7. The second kappa shape index (κ2) is 8.26. The Balaban J connectivity index is 1.83. The van der Waals surface area contributed by atoms with Crippen molar-refractivity contribution in [2.24, 2.45) is 0 Å². The van der Waals surface area contributed by atoms with Crippen molar-refractivity contribution in [2.45, 2.75) is 19.4 Å². The molecule has 0 spiro atoms. The second-order valence-corrected chi connectivity index (χ2v) is 6.17. The molecule has 3 nitrogen and oxygen atoms in total. The van der Waals surface area contributed by atoms with Crippen molar-refractivity contribution in [1.82, 2.24) is 0 Å². The van der Waals surface area contributed by atoms with Crippen LogP contribution in [0.3, 0.4) is 0 Å². The number of hydrogen-bond donors (Lipinski definition) is 0. The maximum absolute atomic E-state index is 13.0. The molecule has 0 N–H and O–H groups in total. The van der Waals surface area contributed by atoms with E-state index < -0.39 is 12.1 Å². The molecule has 3 heteroatoms. The van der Waals surface area contributed by atoms with Gasteiger partial charge in [-0.05, 0) is 12.5 Å². The van der Waals surface area contributed by atoms with Crippen LogP contribution in [-0.2, 0) is 16.0 Å². The molecule has 0 aliphatic heterocycles. The van der Waals surface area contributed by atoms with Crippen molar-refractivity contribution in [3.8, 4) is 0 Å². The minimum atomic E-state index is -0.949. The summed E-state index contributed by atoms with van der Waals surface area (Å²) < 4.78 is 5.60. The second-order valence-electron chi connectivity index (χ2n) is 6.17. The zero-order valence-electron chi connectivity index (χ0n) is 14.6. The lowest BCUT2D eigenvalue weighted by Gasteiger charge is -2.17. The van der Waals surface area contributed by atoms with Crippen LogP contribution in [0, 0.1) is 6.92 Å². The molecule has 130 valence electrons. The maximum Gasteiger partial charge on any atom is 0.311 e. The smallest absolute Gasteiger partial charge is 0.311 e. The predicted octanol–water partition coefficient (Wildman–Crippen LogP) is 4.70. The van der Waals surface area contributed by atoms with Gasteiger partial charge < -0.3 is 4.74 Å². The summed E-state index contributed by atoms with van der Waals surface area (Å²) in [6.07, 6.45) is -0.819. The summed E-state index contributed by atoms with van der Waals surface area (Å²) in [4.78, 5) is 25.4. The zero-order valence-corrected chi connectivity index (χ0v) is 14.6. The van der Waals surface area contributed by atoms with Crippen LogP contribution in [-0.4, -0.2) is 11.8 Å². The number of ketones is 1. The largest absolute Gasteiger partial charge is 0.449 e. The van der Waals surface area contributed by atoms with Gasteiger partial charge in [-0.15, -0.1) is 0 Å². The number of carbonyl (C=O) groups excluding carboxylic acids is 2. The predicted molar refractivity (Wildman–Crippen MR) is 101 cm³/mol. The van der Waals surface area contributed by atoms with Crippen LogP contribution >= 0.6 is 0 Å². The first kappa shape index (κ1) is 17.6. The highest BCUT2D eigenvalue weighted by molar-refractivity contribution is 6.01. The molecule has 0 saturated carbocycles. The highest BCUT2D eigenvalue weighted by Gasteiger charge is 2.26. The number of rotatable bonds is 6. The van der Waals surface area contributed by atoms with Crippen LogP contribution in [0.1, 0.15) is 33.2 Å². The van der Waals surface area contributed by atoms with E-state index in [0.29, 0.717) is 11.1 Å². The molecule has 0 bridgehead atoms.